The molecule has 1 aromatic carbocycles. The number of likely N-dealkylation sites (tertiary alicyclic amines) is 1. The Morgan fingerprint density at radius 3 is 2.57 bits per heavy atom. The largest absolute Gasteiger partial charge is 0.494 e. The van der Waals surface area contributed by atoms with Crippen LogP contribution in [0.5, 0.6) is 5.75 Å². The van der Waals surface area contributed by atoms with Gasteiger partial charge in [0, 0.05) is 26.2 Å². The van der Waals surface area contributed by atoms with E-state index in [-0.39, 0.29) is 23.1 Å². The average Bonchev–Trinajstić information content (AvgIpc) is 3.32. The Morgan fingerprint density at radius 1 is 1.11 bits per heavy atom. The summed E-state index contributed by atoms with van der Waals surface area (Å²) in [6, 6.07) is 6.83. The molecular weight excluding hydrogens is 474 g/mol. The summed E-state index contributed by atoms with van der Waals surface area (Å²) < 4.78 is 10.3. The van der Waals surface area contributed by atoms with E-state index in [1.54, 1.807) is 23.2 Å². The van der Waals surface area contributed by atoms with Gasteiger partial charge in [-0.1, -0.05) is 6.07 Å². The molecule has 0 saturated carbocycles. The minimum atomic E-state index is -0.732. The Morgan fingerprint density at radius 2 is 1.91 bits per heavy atom. The SMILES string of the molecule is CNC(=O)c1nnc(NC(=O)OC)cc1Nc1cccc(-c2ncc(C(=O)N3CCC3)s2)c1OC. The molecule has 0 bridgehead atoms. The lowest BCUT2D eigenvalue weighted by Crippen LogP contribution is -2.41. The maximum absolute atomic E-state index is 12.6. The van der Waals surface area contributed by atoms with Gasteiger partial charge in [-0.2, -0.15) is 0 Å². The van der Waals surface area contributed by atoms with Gasteiger partial charge in [0.15, 0.2) is 17.3 Å². The molecule has 3 amide bonds. The van der Waals surface area contributed by atoms with Crippen LogP contribution in [0.4, 0.5) is 22.0 Å². The van der Waals surface area contributed by atoms with E-state index in [2.05, 4.69) is 35.9 Å². The fraction of sp³-hybridized carbons (Fsp3) is 0.273. The summed E-state index contributed by atoms with van der Waals surface area (Å²) >= 11 is 1.28. The molecule has 0 atom stereocenters. The number of para-hydroxylation sites is 1. The van der Waals surface area contributed by atoms with Crippen LogP contribution < -0.4 is 20.7 Å². The molecule has 4 rings (SSSR count). The van der Waals surface area contributed by atoms with Gasteiger partial charge in [-0.3, -0.25) is 14.9 Å². The first-order valence-corrected chi connectivity index (χ1v) is 11.4. The normalized spacial score (nSPS) is 12.4. The van der Waals surface area contributed by atoms with Crippen molar-refractivity contribution in [3.05, 3.63) is 41.0 Å². The number of hydrogen-bond donors (Lipinski definition) is 3. The predicted molar refractivity (Wildman–Crippen MR) is 129 cm³/mol. The molecule has 1 saturated heterocycles. The maximum Gasteiger partial charge on any atom is 0.412 e. The quantitative estimate of drug-likeness (QED) is 0.448. The number of rotatable bonds is 7. The smallest absolute Gasteiger partial charge is 0.412 e. The topological polar surface area (TPSA) is 148 Å². The molecule has 0 aliphatic carbocycles. The Labute approximate surface area is 204 Å². The van der Waals surface area contributed by atoms with E-state index < -0.39 is 12.0 Å². The number of thiazole rings is 1. The molecule has 182 valence electrons. The number of carbonyl (C=O) groups excluding carboxylic acids is 3. The molecule has 0 spiro atoms. The highest BCUT2D eigenvalue weighted by atomic mass is 32.1. The highest BCUT2D eigenvalue weighted by molar-refractivity contribution is 7.17. The zero-order valence-corrected chi connectivity index (χ0v) is 20.1. The predicted octanol–water partition coefficient (Wildman–Crippen LogP) is 2.74. The molecule has 0 radical (unpaired) electrons. The number of methoxy groups -OCH3 is 2. The standard InChI is InChI=1S/C22H23N7O5S/c1-23-19(30)17-14(10-16(27-28-17)26-22(32)34-3)25-13-7-4-6-12(18(13)33-2)20-24-11-15(35-20)21(31)29-8-5-9-29/h4,6-7,10-11H,5,8-9H2,1-3H3,(H,23,30)(H2,25,26,27,32). The monoisotopic (exact) mass is 497 g/mol. The zero-order valence-electron chi connectivity index (χ0n) is 19.2. The molecule has 12 nitrogen and oxygen atoms in total. The van der Waals surface area contributed by atoms with Gasteiger partial charge in [-0.05, 0) is 18.6 Å². The summed E-state index contributed by atoms with van der Waals surface area (Å²) in [6.07, 6.45) is 1.85. The third-order valence-corrected chi connectivity index (χ3v) is 6.25. The van der Waals surface area contributed by atoms with Gasteiger partial charge in [-0.15, -0.1) is 21.5 Å². The number of nitrogens with one attached hydrogen (secondary N) is 3. The van der Waals surface area contributed by atoms with Gasteiger partial charge in [0.2, 0.25) is 0 Å². The summed E-state index contributed by atoms with van der Waals surface area (Å²) in [5.74, 6) is 0.0221. The Bertz CT molecular complexity index is 1270. The third-order valence-electron chi connectivity index (χ3n) is 5.23. The second kappa shape index (κ2) is 10.3. The fourth-order valence-electron chi connectivity index (χ4n) is 3.33. The Hall–Kier alpha value is -4.26. The number of carbonyl (C=O) groups is 3. The van der Waals surface area contributed by atoms with Crippen molar-refractivity contribution in [1.82, 2.24) is 25.4 Å². The van der Waals surface area contributed by atoms with Gasteiger partial charge < -0.3 is 25.0 Å². The second-order valence-electron chi connectivity index (χ2n) is 7.37. The van der Waals surface area contributed by atoms with Crippen molar-refractivity contribution < 1.29 is 23.9 Å². The number of amides is 3. The molecule has 1 aliphatic heterocycles. The molecule has 1 aliphatic rings. The molecule has 13 heteroatoms. The van der Waals surface area contributed by atoms with Crippen LogP contribution in [0.15, 0.2) is 30.5 Å². The molecule has 0 unspecified atom stereocenters. The Balaban J connectivity index is 1.69. The first kappa shape index (κ1) is 23.9. The summed E-state index contributed by atoms with van der Waals surface area (Å²) in [5.41, 5.74) is 1.46. The van der Waals surface area contributed by atoms with Crippen LogP contribution >= 0.6 is 11.3 Å². The molecule has 3 aromatic rings. The van der Waals surface area contributed by atoms with E-state index >= 15 is 0 Å². The average molecular weight is 498 g/mol. The number of ether oxygens (including phenoxy) is 2. The van der Waals surface area contributed by atoms with Gasteiger partial charge in [-0.25, -0.2) is 9.78 Å². The van der Waals surface area contributed by atoms with Crippen molar-refractivity contribution in [3.63, 3.8) is 0 Å². The highest BCUT2D eigenvalue weighted by Crippen LogP contribution is 2.40. The molecule has 3 N–H and O–H groups in total. The first-order chi connectivity index (χ1) is 16.9. The van der Waals surface area contributed by atoms with Crippen LogP contribution in [-0.4, -0.2) is 72.3 Å². The lowest BCUT2D eigenvalue weighted by atomic mass is 10.1. The van der Waals surface area contributed by atoms with E-state index in [1.165, 1.54) is 38.7 Å². The molecule has 3 heterocycles. The summed E-state index contributed by atoms with van der Waals surface area (Å²) in [7, 11) is 4.20. The van der Waals surface area contributed by atoms with Crippen LogP contribution in [0, 0.1) is 0 Å². The van der Waals surface area contributed by atoms with Crippen molar-refractivity contribution in [2.45, 2.75) is 6.42 Å². The minimum Gasteiger partial charge on any atom is -0.494 e. The lowest BCUT2D eigenvalue weighted by Gasteiger charge is -2.30. The highest BCUT2D eigenvalue weighted by Gasteiger charge is 2.25. The number of nitrogens with zero attached hydrogens (tertiary/aromatic N) is 4. The van der Waals surface area contributed by atoms with E-state index in [1.807, 2.05) is 6.07 Å². The van der Waals surface area contributed by atoms with Crippen LogP contribution in [0.2, 0.25) is 0 Å². The van der Waals surface area contributed by atoms with Crippen LogP contribution in [-0.2, 0) is 4.74 Å². The molecular formula is C22H23N7O5S. The van der Waals surface area contributed by atoms with Crippen LogP contribution in [0.1, 0.15) is 26.6 Å². The van der Waals surface area contributed by atoms with Crippen molar-refractivity contribution >= 4 is 46.4 Å². The molecule has 35 heavy (non-hydrogen) atoms. The van der Waals surface area contributed by atoms with Crippen molar-refractivity contribution in [2.24, 2.45) is 0 Å². The first-order valence-electron chi connectivity index (χ1n) is 10.6. The number of benzene rings is 1. The Kier molecular flexibility index (Phi) is 7.06. The number of aromatic nitrogens is 3. The fourth-order valence-corrected chi connectivity index (χ4v) is 4.24. The number of hydrogen-bond acceptors (Lipinski definition) is 10. The van der Waals surface area contributed by atoms with E-state index in [0.29, 0.717) is 26.9 Å². The zero-order chi connectivity index (χ0) is 24.9. The lowest BCUT2D eigenvalue weighted by molar-refractivity contribution is 0.0656. The summed E-state index contributed by atoms with van der Waals surface area (Å²) in [6.45, 7) is 1.52. The summed E-state index contributed by atoms with van der Waals surface area (Å²) in [4.78, 5) is 43.3. The van der Waals surface area contributed by atoms with Crippen molar-refractivity contribution in [2.75, 3.05) is 45.0 Å². The van der Waals surface area contributed by atoms with Crippen LogP contribution in [0.3, 0.4) is 0 Å². The van der Waals surface area contributed by atoms with Crippen LogP contribution in [0.25, 0.3) is 10.6 Å². The molecule has 1 fully saturated rings. The maximum atomic E-state index is 12.6. The van der Waals surface area contributed by atoms with Crippen molar-refractivity contribution in [1.29, 1.82) is 0 Å². The van der Waals surface area contributed by atoms with E-state index in [9.17, 15) is 14.4 Å². The van der Waals surface area contributed by atoms with E-state index in [0.717, 1.165) is 19.5 Å². The van der Waals surface area contributed by atoms with E-state index in [4.69, 9.17) is 4.74 Å². The summed E-state index contributed by atoms with van der Waals surface area (Å²) in [5, 5.41) is 16.5. The van der Waals surface area contributed by atoms with Gasteiger partial charge >= 0.3 is 6.09 Å². The second-order valence-corrected chi connectivity index (χ2v) is 8.41. The third kappa shape index (κ3) is 4.99. The number of anilines is 3. The van der Waals surface area contributed by atoms with Gasteiger partial charge in [0.1, 0.15) is 9.88 Å². The molecule has 2 aromatic heterocycles. The van der Waals surface area contributed by atoms with Gasteiger partial charge in [0.25, 0.3) is 11.8 Å². The van der Waals surface area contributed by atoms with Crippen molar-refractivity contribution in [3.8, 4) is 16.3 Å². The minimum absolute atomic E-state index is 0.00653. The van der Waals surface area contributed by atoms with Gasteiger partial charge in [0.05, 0.1) is 37.4 Å².